The molecule has 3 rings (SSSR count). The Morgan fingerprint density at radius 2 is 1.78 bits per heavy atom. The predicted octanol–water partition coefficient (Wildman–Crippen LogP) is 0.642. The van der Waals surface area contributed by atoms with Crippen LogP contribution in [0.15, 0.2) is 12.7 Å². The van der Waals surface area contributed by atoms with Crippen LogP contribution in [0.1, 0.15) is 33.9 Å². The summed E-state index contributed by atoms with van der Waals surface area (Å²) in [5.41, 5.74) is 6.75. The number of rotatable bonds is 7. The molecule has 1 saturated heterocycles. The van der Waals surface area contributed by atoms with Crippen LogP contribution in [-0.4, -0.2) is 72.6 Å². The molecule has 1 fully saturated rings. The summed E-state index contributed by atoms with van der Waals surface area (Å²) in [6.07, 6.45) is -0.489. The minimum atomic E-state index is -1.08. The topological polar surface area (TPSA) is 123 Å². The fourth-order valence-corrected chi connectivity index (χ4v) is 3.68. The Balaban J connectivity index is 1.79. The second kappa shape index (κ2) is 8.05. The van der Waals surface area contributed by atoms with E-state index in [4.69, 9.17) is 10.5 Å². The number of nitrogens with zero attached hydrogens (tertiary/aromatic N) is 5. The molecule has 1 aliphatic rings. The number of fused-ring (bicyclic) bond motifs is 1. The van der Waals surface area contributed by atoms with E-state index in [1.165, 1.54) is 12.7 Å². The lowest BCUT2D eigenvalue weighted by atomic mass is 10.1. The number of nitrogens with two attached hydrogens (primary N) is 1. The molecule has 27 heavy (non-hydrogen) atoms. The van der Waals surface area contributed by atoms with Gasteiger partial charge in [-0.25, -0.2) is 15.0 Å². The van der Waals surface area contributed by atoms with E-state index in [-0.39, 0.29) is 5.82 Å². The molecule has 150 valence electrons. The molecule has 1 unspecified atom stereocenters. The summed E-state index contributed by atoms with van der Waals surface area (Å²) >= 11 is 0. The molecular weight excluding hydrogens is 348 g/mol. The Morgan fingerprint density at radius 3 is 2.41 bits per heavy atom. The first-order chi connectivity index (χ1) is 12.8. The number of anilines is 1. The summed E-state index contributed by atoms with van der Waals surface area (Å²) < 4.78 is 7.66. The summed E-state index contributed by atoms with van der Waals surface area (Å²) in [7, 11) is 0. The Bertz CT molecular complexity index is 755. The van der Waals surface area contributed by atoms with Gasteiger partial charge in [-0.2, -0.15) is 0 Å². The normalized spacial score (nSPS) is 26.1. The van der Waals surface area contributed by atoms with E-state index in [1.807, 2.05) is 0 Å². The number of nitrogen functional groups attached to an aromatic ring is 1. The second-order valence-electron chi connectivity index (χ2n) is 8.14. The summed E-state index contributed by atoms with van der Waals surface area (Å²) in [6, 6.07) is 0. The van der Waals surface area contributed by atoms with E-state index in [0.717, 1.165) is 13.1 Å². The van der Waals surface area contributed by atoms with Gasteiger partial charge in [0.25, 0.3) is 0 Å². The zero-order valence-corrected chi connectivity index (χ0v) is 16.4. The Kier molecular flexibility index (Phi) is 5.95. The van der Waals surface area contributed by atoms with Crippen LogP contribution in [0.25, 0.3) is 11.2 Å². The van der Waals surface area contributed by atoms with Crippen molar-refractivity contribution in [1.82, 2.24) is 24.4 Å². The van der Waals surface area contributed by atoms with Crippen molar-refractivity contribution in [3.63, 3.8) is 0 Å². The molecule has 4 N–H and O–H groups in total. The van der Waals surface area contributed by atoms with E-state index in [9.17, 15) is 10.2 Å². The zero-order chi connectivity index (χ0) is 19.7. The van der Waals surface area contributed by atoms with Crippen molar-refractivity contribution >= 4 is 17.0 Å². The highest BCUT2D eigenvalue weighted by molar-refractivity contribution is 5.81. The number of hydrogen-bond acceptors (Lipinski definition) is 8. The third kappa shape index (κ3) is 4.21. The van der Waals surface area contributed by atoms with Gasteiger partial charge in [-0.15, -0.1) is 0 Å². The quantitative estimate of drug-likeness (QED) is 0.641. The van der Waals surface area contributed by atoms with Crippen LogP contribution in [0.3, 0.4) is 0 Å². The van der Waals surface area contributed by atoms with Gasteiger partial charge >= 0.3 is 0 Å². The lowest BCUT2D eigenvalue weighted by Crippen LogP contribution is -2.42. The summed E-state index contributed by atoms with van der Waals surface area (Å²) in [5, 5.41) is 21.2. The van der Waals surface area contributed by atoms with E-state index in [2.05, 4.69) is 47.5 Å². The first kappa shape index (κ1) is 19.9. The number of ether oxygens (including phenoxy) is 1. The molecule has 0 aromatic carbocycles. The standard InChI is InChI=1S/C18H30N6O3/c1-10(2)5-23(6-11(3)4)7-12-14(25)15(26)18(27-12)24-9-22-13-16(19)20-8-21-17(13)24/h8-12,14-15,18,25-26H,5-7H2,1-4H3,(H2,19,20,21)/t12?,14-,15-,18-/m1/s1. The number of aliphatic hydroxyl groups excluding tert-OH is 2. The van der Waals surface area contributed by atoms with Crippen LogP contribution in [0.2, 0.25) is 0 Å². The van der Waals surface area contributed by atoms with Gasteiger partial charge in [-0.05, 0) is 11.8 Å². The van der Waals surface area contributed by atoms with Crippen LogP contribution in [0, 0.1) is 11.8 Å². The molecule has 9 nitrogen and oxygen atoms in total. The zero-order valence-electron chi connectivity index (χ0n) is 16.4. The molecule has 0 amide bonds. The Labute approximate surface area is 159 Å². The summed E-state index contributed by atoms with van der Waals surface area (Å²) in [5.74, 6) is 1.27. The maximum atomic E-state index is 10.6. The third-order valence-electron chi connectivity index (χ3n) is 4.68. The molecule has 0 radical (unpaired) electrons. The average molecular weight is 378 g/mol. The average Bonchev–Trinajstić information content (AvgIpc) is 3.11. The van der Waals surface area contributed by atoms with Crippen LogP contribution in [0.5, 0.6) is 0 Å². The summed E-state index contributed by atoms with van der Waals surface area (Å²) in [6.45, 7) is 11.0. The molecule has 0 spiro atoms. The van der Waals surface area contributed by atoms with E-state index in [0.29, 0.717) is 29.5 Å². The maximum Gasteiger partial charge on any atom is 0.167 e. The molecular formula is C18H30N6O3. The minimum Gasteiger partial charge on any atom is -0.387 e. The fraction of sp³-hybridized carbons (Fsp3) is 0.722. The first-order valence-corrected chi connectivity index (χ1v) is 9.44. The van der Waals surface area contributed by atoms with E-state index in [1.54, 1.807) is 4.57 Å². The van der Waals surface area contributed by atoms with Crippen molar-refractivity contribution < 1.29 is 14.9 Å². The maximum absolute atomic E-state index is 10.6. The van der Waals surface area contributed by atoms with Crippen molar-refractivity contribution in [2.45, 2.75) is 52.2 Å². The number of aromatic nitrogens is 4. The molecule has 1 aliphatic heterocycles. The monoisotopic (exact) mass is 378 g/mol. The molecule has 4 atom stereocenters. The van der Waals surface area contributed by atoms with Gasteiger partial charge in [0.2, 0.25) is 0 Å². The molecule has 2 aromatic rings. The van der Waals surface area contributed by atoms with Crippen LogP contribution >= 0.6 is 0 Å². The predicted molar refractivity (Wildman–Crippen MR) is 102 cm³/mol. The van der Waals surface area contributed by atoms with Crippen molar-refractivity contribution in [2.75, 3.05) is 25.4 Å². The van der Waals surface area contributed by atoms with Crippen LogP contribution < -0.4 is 5.73 Å². The molecule has 0 aliphatic carbocycles. The molecule has 3 heterocycles. The molecule has 9 heteroatoms. The number of aliphatic hydroxyl groups is 2. The van der Waals surface area contributed by atoms with Gasteiger partial charge in [0.1, 0.15) is 30.2 Å². The van der Waals surface area contributed by atoms with E-state index < -0.39 is 24.5 Å². The highest BCUT2D eigenvalue weighted by Gasteiger charge is 2.44. The molecule has 0 saturated carbocycles. The highest BCUT2D eigenvalue weighted by Crippen LogP contribution is 2.32. The van der Waals surface area contributed by atoms with Crippen molar-refractivity contribution in [3.8, 4) is 0 Å². The van der Waals surface area contributed by atoms with Gasteiger partial charge in [0, 0.05) is 19.6 Å². The van der Waals surface area contributed by atoms with Gasteiger partial charge in [0.05, 0.1) is 6.33 Å². The third-order valence-corrected chi connectivity index (χ3v) is 4.68. The second-order valence-corrected chi connectivity index (χ2v) is 8.14. The van der Waals surface area contributed by atoms with Gasteiger partial charge in [-0.1, -0.05) is 27.7 Å². The van der Waals surface area contributed by atoms with Crippen LogP contribution in [-0.2, 0) is 4.74 Å². The van der Waals surface area contributed by atoms with Crippen molar-refractivity contribution in [1.29, 1.82) is 0 Å². The largest absolute Gasteiger partial charge is 0.387 e. The summed E-state index contributed by atoms with van der Waals surface area (Å²) in [4.78, 5) is 14.6. The smallest absolute Gasteiger partial charge is 0.167 e. The minimum absolute atomic E-state index is 0.267. The van der Waals surface area contributed by atoms with Crippen LogP contribution in [0.4, 0.5) is 5.82 Å². The first-order valence-electron chi connectivity index (χ1n) is 9.44. The van der Waals surface area contributed by atoms with Gasteiger partial charge in [-0.3, -0.25) is 4.57 Å². The van der Waals surface area contributed by atoms with E-state index >= 15 is 0 Å². The molecule has 0 bridgehead atoms. The Morgan fingerprint density at radius 1 is 1.11 bits per heavy atom. The lowest BCUT2D eigenvalue weighted by molar-refractivity contribution is -0.0457. The highest BCUT2D eigenvalue weighted by atomic mass is 16.6. The van der Waals surface area contributed by atoms with Gasteiger partial charge < -0.3 is 25.6 Å². The molecule has 2 aromatic heterocycles. The van der Waals surface area contributed by atoms with Crippen molar-refractivity contribution in [2.24, 2.45) is 11.8 Å². The SMILES string of the molecule is CC(C)CN(CC(C)C)CC1O[C@@H](n2cnc3c(N)ncnc32)[C@H](O)[C@@H]1O. The fourth-order valence-electron chi connectivity index (χ4n) is 3.68. The van der Waals surface area contributed by atoms with Crippen molar-refractivity contribution in [3.05, 3.63) is 12.7 Å². The van der Waals surface area contributed by atoms with Gasteiger partial charge in [0.15, 0.2) is 17.7 Å². The Hall–Kier alpha value is -1.81. The lowest BCUT2D eigenvalue weighted by Gasteiger charge is -2.29. The number of imidazole rings is 1. The number of hydrogen-bond donors (Lipinski definition) is 3.